The Balaban J connectivity index is 1.78. The van der Waals surface area contributed by atoms with Crippen molar-refractivity contribution in [3.05, 3.63) is 95.6 Å². The molecule has 4 rings (SSSR count). The van der Waals surface area contributed by atoms with Gasteiger partial charge in [0.15, 0.2) is 0 Å². The second-order valence-electron chi connectivity index (χ2n) is 7.77. The van der Waals surface area contributed by atoms with E-state index in [1.807, 2.05) is 19.9 Å². The number of benzene rings is 1. The minimum atomic E-state index is -0.768. The molecule has 1 saturated heterocycles. The van der Waals surface area contributed by atoms with Gasteiger partial charge in [0.05, 0.1) is 17.7 Å². The SMILES string of the molecule is CC(C)Oc1ccc(C(O)=C2C(=O)C(=O)N(Cc3cccnc3)[C@H]2c2cccnc2)cc1. The normalized spacial score (nSPS) is 17.7. The van der Waals surface area contributed by atoms with Gasteiger partial charge in [-0.25, -0.2) is 0 Å². The number of aromatic nitrogens is 2. The van der Waals surface area contributed by atoms with E-state index in [0.717, 1.165) is 5.56 Å². The van der Waals surface area contributed by atoms with Gasteiger partial charge in [0, 0.05) is 36.9 Å². The summed E-state index contributed by atoms with van der Waals surface area (Å²) >= 11 is 0. The Morgan fingerprint density at radius 1 is 1.03 bits per heavy atom. The first-order valence-electron chi connectivity index (χ1n) is 10.3. The molecular weight excluding hydrogens is 406 g/mol. The third-order valence-corrected chi connectivity index (χ3v) is 5.12. The number of ether oxygens (including phenoxy) is 1. The number of ketones is 1. The molecule has 32 heavy (non-hydrogen) atoms. The number of carbonyl (C=O) groups is 2. The number of amides is 1. The van der Waals surface area contributed by atoms with Crippen LogP contribution in [0.5, 0.6) is 5.75 Å². The maximum absolute atomic E-state index is 13.0. The van der Waals surface area contributed by atoms with Crippen LogP contribution < -0.4 is 4.74 Å². The van der Waals surface area contributed by atoms with Gasteiger partial charge in [-0.05, 0) is 61.4 Å². The van der Waals surface area contributed by atoms with Gasteiger partial charge >= 0.3 is 0 Å². The van der Waals surface area contributed by atoms with Gasteiger partial charge in [0.1, 0.15) is 11.5 Å². The van der Waals surface area contributed by atoms with Crippen molar-refractivity contribution in [3.8, 4) is 5.75 Å². The van der Waals surface area contributed by atoms with E-state index in [0.29, 0.717) is 16.9 Å². The molecule has 0 aliphatic carbocycles. The fraction of sp³-hybridized carbons (Fsp3) is 0.200. The van der Waals surface area contributed by atoms with E-state index in [-0.39, 0.29) is 24.0 Å². The first-order chi connectivity index (χ1) is 15.5. The number of aliphatic hydroxyl groups excluding tert-OH is 1. The molecule has 1 fully saturated rings. The molecule has 1 amide bonds. The highest BCUT2D eigenvalue weighted by atomic mass is 16.5. The lowest BCUT2D eigenvalue weighted by Crippen LogP contribution is -2.29. The molecule has 1 aliphatic heterocycles. The molecule has 0 saturated carbocycles. The van der Waals surface area contributed by atoms with Gasteiger partial charge < -0.3 is 14.7 Å². The molecule has 1 atom stereocenters. The zero-order valence-electron chi connectivity index (χ0n) is 17.8. The van der Waals surface area contributed by atoms with E-state index in [4.69, 9.17) is 4.74 Å². The Morgan fingerprint density at radius 2 is 1.72 bits per heavy atom. The minimum Gasteiger partial charge on any atom is -0.507 e. The average Bonchev–Trinajstić information content (AvgIpc) is 3.05. The summed E-state index contributed by atoms with van der Waals surface area (Å²) in [5.74, 6) is -0.994. The van der Waals surface area contributed by atoms with Crippen LogP contribution in [0.1, 0.15) is 36.6 Å². The zero-order chi connectivity index (χ0) is 22.7. The highest BCUT2D eigenvalue weighted by molar-refractivity contribution is 6.46. The van der Waals surface area contributed by atoms with Crippen molar-refractivity contribution < 1.29 is 19.4 Å². The summed E-state index contributed by atoms with van der Waals surface area (Å²) < 4.78 is 5.65. The van der Waals surface area contributed by atoms with E-state index in [2.05, 4.69) is 9.97 Å². The summed E-state index contributed by atoms with van der Waals surface area (Å²) in [7, 11) is 0. The molecule has 3 heterocycles. The van der Waals surface area contributed by atoms with Crippen LogP contribution in [0, 0.1) is 0 Å². The van der Waals surface area contributed by atoms with Gasteiger partial charge in [-0.1, -0.05) is 12.1 Å². The van der Waals surface area contributed by atoms with Crippen molar-refractivity contribution in [2.75, 3.05) is 0 Å². The summed E-state index contributed by atoms with van der Waals surface area (Å²) in [6.45, 7) is 4.02. The maximum atomic E-state index is 13.0. The molecule has 3 aromatic rings. The zero-order valence-corrected chi connectivity index (χ0v) is 17.8. The Bertz CT molecular complexity index is 1140. The summed E-state index contributed by atoms with van der Waals surface area (Å²) in [6, 6.07) is 13.1. The molecule has 7 nitrogen and oxygen atoms in total. The number of Topliss-reactive ketones (excluding diaryl/α,β-unsaturated/α-hetero) is 1. The summed E-state index contributed by atoms with van der Waals surface area (Å²) in [4.78, 5) is 35.7. The fourth-order valence-corrected chi connectivity index (χ4v) is 3.73. The highest BCUT2D eigenvalue weighted by Crippen LogP contribution is 2.40. The smallest absolute Gasteiger partial charge is 0.295 e. The lowest BCUT2D eigenvalue weighted by molar-refractivity contribution is -0.140. The van der Waals surface area contributed by atoms with Crippen LogP contribution in [0.4, 0.5) is 0 Å². The second kappa shape index (κ2) is 9.01. The number of hydrogen-bond donors (Lipinski definition) is 1. The molecule has 7 heteroatoms. The average molecular weight is 429 g/mol. The van der Waals surface area contributed by atoms with Crippen molar-refractivity contribution >= 4 is 17.4 Å². The minimum absolute atomic E-state index is 0.0119. The Labute approximate surface area is 186 Å². The van der Waals surface area contributed by atoms with Crippen LogP contribution in [0.15, 0.2) is 78.9 Å². The molecule has 1 N–H and O–H groups in total. The van der Waals surface area contributed by atoms with Crippen molar-refractivity contribution in [1.29, 1.82) is 0 Å². The lowest BCUT2D eigenvalue weighted by Gasteiger charge is -2.25. The Morgan fingerprint density at radius 3 is 2.31 bits per heavy atom. The molecule has 0 bridgehead atoms. The number of likely N-dealkylation sites (tertiary alicyclic amines) is 1. The van der Waals surface area contributed by atoms with Crippen molar-refractivity contribution in [3.63, 3.8) is 0 Å². The maximum Gasteiger partial charge on any atom is 0.295 e. The van der Waals surface area contributed by atoms with Crippen molar-refractivity contribution in [1.82, 2.24) is 14.9 Å². The Hall–Kier alpha value is -4.00. The van der Waals surface area contributed by atoms with E-state index in [9.17, 15) is 14.7 Å². The molecule has 1 aliphatic rings. The van der Waals surface area contributed by atoms with Crippen LogP contribution in [0.2, 0.25) is 0 Å². The monoisotopic (exact) mass is 429 g/mol. The molecule has 0 unspecified atom stereocenters. The van der Waals surface area contributed by atoms with Crippen LogP contribution in [0.25, 0.3) is 5.76 Å². The standard InChI is InChI=1S/C25H23N3O4/c1-16(2)32-20-9-7-18(8-10-20)23(29)21-22(19-6-4-12-27-14-19)28(25(31)24(21)30)15-17-5-3-11-26-13-17/h3-14,16,22,29H,15H2,1-2H3/t22-/m0/s1. The Kier molecular flexibility index (Phi) is 5.98. The number of rotatable bonds is 6. The van der Waals surface area contributed by atoms with E-state index in [1.54, 1.807) is 67.3 Å². The number of hydrogen-bond acceptors (Lipinski definition) is 6. The molecule has 0 radical (unpaired) electrons. The summed E-state index contributed by atoms with van der Waals surface area (Å²) in [6.07, 6.45) is 6.51. The van der Waals surface area contributed by atoms with E-state index in [1.165, 1.54) is 4.90 Å². The molecule has 0 spiro atoms. The number of pyridine rings is 2. The largest absolute Gasteiger partial charge is 0.507 e. The number of carbonyl (C=O) groups excluding carboxylic acids is 2. The first kappa shape index (κ1) is 21.2. The van der Waals surface area contributed by atoms with Gasteiger partial charge in [-0.2, -0.15) is 0 Å². The predicted molar refractivity (Wildman–Crippen MR) is 119 cm³/mol. The van der Waals surface area contributed by atoms with Crippen LogP contribution >= 0.6 is 0 Å². The van der Waals surface area contributed by atoms with Crippen LogP contribution in [-0.4, -0.2) is 37.8 Å². The third kappa shape index (κ3) is 4.23. The molecular formula is C25H23N3O4. The first-order valence-corrected chi connectivity index (χ1v) is 10.3. The number of nitrogens with zero attached hydrogens (tertiary/aromatic N) is 3. The van der Waals surface area contributed by atoms with Crippen molar-refractivity contribution in [2.45, 2.75) is 32.5 Å². The molecule has 2 aromatic heterocycles. The molecule has 1 aromatic carbocycles. The third-order valence-electron chi connectivity index (χ3n) is 5.12. The summed E-state index contributed by atoms with van der Waals surface area (Å²) in [5, 5.41) is 11.1. The highest BCUT2D eigenvalue weighted by Gasteiger charge is 2.46. The van der Waals surface area contributed by atoms with E-state index < -0.39 is 17.7 Å². The number of aliphatic hydroxyl groups is 1. The van der Waals surface area contributed by atoms with Crippen molar-refractivity contribution in [2.24, 2.45) is 0 Å². The van der Waals surface area contributed by atoms with Gasteiger partial charge in [0.25, 0.3) is 11.7 Å². The fourth-order valence-electron chi connectivity index (χ4n) is 3.73. The second-order valence-corrected chi connectivity index (χ2v) is 7.77. The quantitative estimate of drug-likeness (QED) is 0.363. The van der Waals surface area contributed by atoms with E-state index >= 15 is 0 Å². The lowest BCUT2D eigenvalue weighted by atomic mass is 9.96. The van der Waals surface area contributed by atoms with Gasteiger partial charge in [-0.15, -0.1) is 0 Å². The van der Waals surface area contributed by atoms with Crippen LogP contribution in [-0.2, 0) is 16.1 Å². The molecule has 162 valence electrons. The predicted octanol–water partition coefficient (Wildman–Crippen LogP) is 3.89. The van der Waals surface area contributed by atoms with Gasteiger partial charge in [-0.3, -0.25) is 19.6 Å². The van der Waals surface area contributed by atoms with Gasteiger partial charge in [0.2, 0.25) is 0 Å². The van der Waals surface area contributed by atoms with Crippen LogP contribution in [0.3, 0.4) is 0 Å². The topological polar surface area (TPSA) is 92.6 Å². The summed E-state index contributed by atoms with van der Waals surface area (Å²) in [5.41, 5.74) is 1.87.